The molecule has 1 fully saturated rings. The number of carboxylic acids is 1. The zero-order chi connectivity index (χ0) is 9.90. The lowest BCUT2D eigenvalue weighted by atomic mass is 9.86. The van der Waals surface area contributed by atoms with Crippen LogP contribution in [0.25, 0.3) is 0 Å². The molecule has 1 aliphatic rings. The van der Waals surface area contributed by atoms with Crippen molar-refractivity contribution in [1.29, 1.82) is 0 Å². The molecule has 0 aromatic heterocycles. The summed E-state index contributed by atoms with van der Waals surface area (Å²) < 4.78 is 5.15. The van der Waals surface area contributed by atoms with Crippen LogP contribution >= 0.6 is 0 Å². The first-order valence-corrected chi connectivity index (χ1v) is 4.33. The van der Waals surface area contributed by atoms with Gasteiger partial charge in [-0.25, -0.2) is 0 Å². The highest BCUT2D eigenvalue weighted by Crippen LogP contribution is 2.20. The zero-order valence-electron chi connectivity index (χ0n) is 7.96. The fraction of sp³-hybridized carbons (Fsp3) is 0.875. The second kappa shape index (κ2) is 4.04. The number of likely N-dealkylation sites (N-methyl/N-ethyl adjacent to an activating group) is 1. The van der Waals surface area contributed by atoms with Crippen LogP contribution in [0.15, 0.2) is 0 Å². The van der Waals surface area contributed by atoms with Gasteiger partial charge in [0.2, 0.25) is 0 Å². The van der Waals surface area contributed by atoms with Crippen molar-refractivity contribution in [3.63, 3.8) is 0 Å². The molecular weight excluding hydrogens is 172 g/mol. The van der Waals surface area contributed by atoms with Gasteiger partial charge in [-0.05, 0) is 20.0 Å². The van der Waals surface area contributed by atoms with E-state index in [0.29, 0.717) is 19.5 Å². The van der Waals surface area contributed by atoms with Crippen molar-refractivity contribution >= 4 is 5.97 Å². The van der Waals surface area contributed by atoms with Gasteiger partial charge < -0.3 is 20.5 Å². The first-order valence-electron chi connectivity index (χ1n) is 4.33. The third-order valence-corrected chi connectivity index (χ3v) is 2.69. The zero-order valence-corrected chi connectivity index (χ0v) is 7.96. The van der Waals surface area contributed by atoms with E-state index >= 15 is 0 Å². The first kappa shape index (κ1) is 10.4. The molecule has 2 atom stereocenters. The van der Waals surface area contributed by atoms with Crippen LogP contribution in [0.3, 0.4) is 0 Å². The number of hydrogen-bond acceptors (Lipinski definition) is 4. The van der Waals surface area contributed by atoms with E-state index < -0.39 is 11.5 Å². The molecule has 2 unspecified atom stereocenters. The third-order valence-electron chi connectivity index (χ3n) is 2.69. The van der Waals surface area contributed by atoms with Gasteiger partial charge in [-0.15, -0.1) is 0 Å². The number of aliphatic carboxylic acids is 1. The molecule has 0 saturated carbocycles. The number of methoxy groups -OCH3 is 1. The summed E-state index contributed by atoms with van der Waals surface area (Å²) in [5.74, 6) is -0.844. The molecule has 0 aliphatic carbocycles. The topological polar surface area (TPSA) is 70.6 Å². The molecule has 0 amide bonds. The summed E-state index contributed by atoms with van der Waals surface area (Å²) in [6.45, 7) is 1.27. The van der Waals surface area contributed by atoms with Crippen molar-refractivity contribution in [3.05, 3.63) is 0 Å². The van der Waals surface area contributed by atoms with Crippen LogP contribution in [-0.2, 0) is 9.53 Å². The largest absolute Gasteiger partial charge is 0.480 e. The van der Waals surface area contributed by atoms with Gasteiger partial charge in [0.25, 0.3) is 0 Å². The SMILES string of the molecule is CNC1(C(=O)O)CCNCC1OC. The predicted octanol–water partition coefficient (Wildman–Crippen LogP) is -0.962. The minimum atomic E-state index is -0.931. The molecule has 1 saturated heterocycles. The molecule has 0 aromatic rings. The van der Waals surface area contributed by atoms with Crippen LogP contribution in [0.4, 0.5) is 0 Å². The summed E-state index contributed by atoms with van der Waals surface area (Å²) in [5.41, 5.74) is -0.931. The lowest BCUT2D eigenvalue weighted by Gasteiger charge is -2.39. The predicted molar refractivity (Wildman–Crippen MR) is 47.7 cm³/mol. The average Bonchev–Trinajstić information content (AvgIpc) is 2.17. The number of piperidine rings is 1. The lowest BCUT2D eigenvalue weighted by molar-refractivity contribution is -0.153. The van der Waals surface area contributed by atoms with E-state index in [0.717, 1.165) is 0 Å². The number of ether oxygens (including phenoxy) is 1. The molecule has 5 nitrogen and oxygen atoms in total. The van der Waals surface area contributed by atoms with E-state index in [9.17, 15) is 4.79 Å². The first-order chi connectivity index (χ1) is 6.17. The molecule has 0 radical (unpaired) electrons. The lowest BCUT2D eigenvalue weighted by Crippen LogP contribution is -2.66. The Balaban J connectivity index is 2.84. The van der Waals surface area contributed by atoms with Gasteiger partial charge in [0, 0.05) is 13.7 Å². The van der Waals surface area contributed by atoms with Gasteiger partial charge >= 0.3 is 5.97 Å². The minimum absolute atomic E-state index is 0.316. The molecule has 0 bridgehead atoms. The molecule has 3 N–H and O–H groups in total. The van der Waals surface area contributed by atoms with Crippen molar-refractivity contribution in [2.45, 2.75) is 18.1 Å². The number of nitrogens with one attached hydrogen (secondary N) is 2. The smallest absolute Gasteiger partial charge is 0.326 e. The second-order valence-electron chi connectivity index (χ2n) is 3.20. The molecule has 13 heavy (non-hydrogen) atoms. The Morgan fingerprint density at radius 3 is 2.85 bits per heavy atom. The maximum atomic E-state index is 11.1. The van der Waals surface area contributed by atoms with Crippen LogP contribution in [0.5, 0.6) is 0 Å². The highest BCUT2D eigenvalue weighted by atomic mass is 16.5. The fourth-order valence-electron chi connectivity index (χ4n) is 1.78. The maximum Gasteiger partial charge on any atom is 0.326 e. The molecule has 0 spiro atoms. The van der Waals surface area contributed by atoms with Crippen molar-refractivity contribution in [2.24, 2.45) is 0 Å². The molecule has 5 heteroatoms. The third kappa shape index (κ3) is 1.67. The van der Waals surface area contributed by atoms with Crippen LogP contribution in [-0.4, -0.2) is 50.0 Å². The van der Waals surface area contributed by atoms with Crippen LogP contribution < -0.4 is 10.6 Å². The van der Waals surface area contributed by atoms with Gasteiger partial charge in [-0.3, -0.25) is 4.79 Å². The van der Waals surface area contributed by atoms with Crippen LogP contribution in [0, 0.1) is 0 Å². The van der Waals surface area contributed by atoms with Crippen LogP contribution in [0.2, 0.25) is 0 Å². The molecule has 1 rings (SSSR count). The fourth-order valence-corrected chi connectivity index (χ4v) is 1.78. The summed E-state index contributed by atoms with van der Waals surface area (Å²) in [6, 6.07) is 0. The number of hydrogen-bond donors (Lipinski definition) is 3. The van der Waals surface area contributed by atoms with Gasteiger partial charge in [0.15, 0.2) is 0 Å². The number of rotatable bonds is 3. The molecular formula is C8H16N2O3. The van der Waals surface area contributed by atoms with E-state index in [4.69, 9.17) is 9.84 Å². The van der Waals surface area contributed by atoms with Crippen molar-refractivity contribution in [3.8, 4) is 0 Å². The Hall–Kier alpha value is -0.650. The summed E-state index contributed by atoms with van der Waals surface area (Å²) in [5, 5.41) is 15.1. The summed E-state index contributed by atoms with van der Waals surface area (Å²) >= 11 is 0. The summed E-state index contributed by atoms with van der Waals surface area (Å²) in [7, 11) is 3.19. The van der Waals surface area contributed by atoms with E-state index in [1.807, 2.05) is 0 Å². The quantitative estimate of drug-likeness (QED) is 0.532. The normalized spacial score (nSPS) is 34.5. The molecule has 0 aromatic carbocycles. The van der Waals surface area contributed by atoms with Gasteiger partial charge in [0.1, 0.15) is 5.54 Å². The van der Waals surface area contributed by atoms with Crippen LogP contribution in [0.1, 0.15) is 6.42 Å². The van der Waals surface area contributed by atoms with E-state index in [1.54, 1.807) is 7.05 Å². The van der Waals surface area contributed by atoms with Crippen molar-refractivity contribution in [2.75, 3.05) is 27.2 Å². The Labute approximate surface area is 77.5 Å². The van der Waals surface area contributed by atoms with Crippen molar-refractivity contribution in [1.82, 2.24) is 10.6 Å². The van der Waals surface area contributed by atoms with E-state index in [-0.39, 0.29) is 6.10 Å². The van der Waals surface area contributed by atoms with Gasteiger partial charge in [0.05, 0.1) is 6.10 Å². The Morgan fingerprint density at radius 1 is 1.77 bits per heavy atom. The average molecular weight is 188 g/mol. The summed E-state index contributed by atoms with van der Waals surface area (Å²) in [4.78, 5) is 11.1. The van der Waals surface area contributed by atoms with E-state index in [1.165, 1.54) is 7.11 Å². The van der Waals surface area contributed by atoms with Crippen molar-refractivity contribution < 1.29 is 14.6 Å². The minimum Gasteiger partial charge on any atom is -0.480 e. The Morgan fingerprint density at radius 2 is 2.46 bits per heavy atom. The number of carbonyl (C=O) groups is 1. The van der Waals surface area contributed by atoms with Gasteiger partial charge in [-0.2, -0.15) is 0 Å². The highest BCUT2D eigenvalue weighted by molar-refractivity contribution is 5.80. The number of carboxylic acid groups (broad SMARTS) is 1. The Kier molecular flexibility index (Phi) is 3.24. The monoisotopic (exact) mass is 188 g/mol. The molecule has 76 valence electrons. The second-order valence-corrected chi connectivity index (χ2v) is 3.20. The maximum absolute atomic E-state index is 11.1. The highest BCUT2D eigenvalue weighted by Gasteiger charge is 2.46. The molecule has 1 heterocycles. The van der Waals surface area contributed by atoms with E-state index in [2.05, 4.69) is 10.6 Å². The summed E-state index contributed by atoms with van der Waals surface area (Å²) in [6.07, 6.45) is 0.223. The Bertz CT molecular complexity index is 198. The van der Waals surface area contributed by atoms with Gasteiger partial charge in [-0.1, -0.05) is 0 Å². The standard InChI is InChI=1S/C8H16N2O3/c1-9-8(7(11)12)3-4-10-5-6(8)13-2/h6,9-10H,3-5H2,1-2H3,(H,11,12). The molecule has 1 aliphatic heterocycles.